The highest BCUT2D eigenvalue weighted by Gasteiger charge is 2.03. The van der Waals surface area contributed by atoms with Gasteiger partial charge in [-0.1, -0.05) is 0 Å². The van der Waals surface area contributed by atoms with Crippen molar-refractivity contribution in [2.75, 3.05) is 26.7 Å². The molecule has 0 unspecified atom stereocenters. The molecular formula is C4H12IP. The van der Waals surface area contributed by atoms with Gasteiger partial charge in [0.25, 0.3) is 0 Å². The summed E-state index contributed by atoms with van der Waals surface area (Å²) in [6, 6.07) is 0. The SMILES string of the molecule is C[P+](C)(C)C.[I-]. The van der Waals surface area contributed by atoms with Crippen molar-refractivity contribution in [2.24, 2.45) is 0 Å². The van der Waals surface area contributed by atoms with Crippen molar-refractivity contribution in [1.82, 2.24) is 0 Å². The summed E-state index contributed by atoms with van der Waals surface area (Å²) >= 11 is 0. The molecule has 0 aromatic carbocycles. The Kier molecular flexibility index (Phi) is 5.44. The van der Waals surface area contributed by atoms with E-state index in [1.165, 1.54) is 0 Å². The third-order valence-electron chi connectivity index (χ3n) is 0. The molecule has 0 radical (unpaired) electrons. The Morgan fingerprint density at radius 2 is 0.833 bits per heavy atom. The molecule has 0 aromatic heterocycles. The van der Waals surface area contributed by atoms with Crippen LogP contribution in [0, 0.1) is 0 Å². The first-order valence-electron chi connectivity index (χ1n) is 1.79. The monoisotopic (exact) mass is 218 g/mol. The lowest BCUT2D eigenvalue weighted by molar-refractivity contribution is -0.00000149. The van der Waals surface area contributed by atoms with E-state index in [9.17, 15) is 0 Å². The number of halogens is 1. The molecule has 0 spiro atoms. The van der Waals surface area contributed by atoms with E-state index in [0.29, 0.717) is 0 Å². The van der Waals surface area contributed by atoms with Crippen LogP contribution < -0.4 is 24.0 Å². The first-order valence-corrected chi connectivity index (χ1v) is 5.37. The van der Waals surface area contributed by atoms with E-state index in [-0.39, 0.29) is 31.2 Å². The maximum Gasteiger partial charge on any atom is 0.0481 e. The maximum atomic E-state index is 2.30. The summed E-state index contributed by atoms with van der Waals surface area (Å²) in [7, 11) is -0.389. The first-order chi connectivity index (χ1) is 2.00. The number of hydrogen-bond donors (Lipinski definition) is 0. The Labute approximate surface area is 58.1 Å². The Hall–Kier alpha value is 1.16. The molecule has 6 heavy (non-hydrogen) atoms. The van der Waals surface area contributed by atoms with Crippen molar-refractivity contribution in [2.45, 2.75) is 0 Å². The summed E-state index contributed by atoms with van der Waals surface area (Å²) in [4.78, 5) is 0. The quantitative estimate of drug-likeness (QED) is 0.344. The van der Waals surface area contributed by atoms with Crippen LogP contribution in [0.3, 0.4) is 0 Å². The zero-order valence-corrected chi connectivity index (χ0v) is 7.88. The van der Waals surface area contributed by atoms with Crippen LogP contribution in [-0.4, -0.2) is 26.7 Å². The van der Waals surface area contributed by atoms with Crippen LogP contribution in [-0.2, 0) is 0 Å². The molecule has 0 heterocycles. The molecule has 0 aliphatic heterocycles. The van der Waals surface area contributed by atoms with Gasteiger partial charge in [0.1, 0.15) is 0 Å². The van der Waals surface area contributed by atoms with E-state index in [1.807, 2.05) is 0 Å². The minimum atomic E-state index is -0.389. The van der Waals surface area contributed by atoms with Crippen molar-refractivity contribution in [3.63, 3.8) is 0 Å². The molecule has 0 saturated carbocycles. The average molecular weight is 218 g/mol. The topological polar surface area (TPSA) is 0 Å². The minimum absolute atomic E-state index is 0. The van der Waals surface area contributed by atoms with E-state index < -0.39 is 0 Å². The van der Waals surface area contributed by atoms with Crippen molar-refractivity contribution in [1.29, 1.82) is 0 Å². The van der Waals surface area contributed by atoms with Gasteiger partial charge in [-0.2, -0.15) is 0 Å². The van der Waals surface area contributed by atoms with Gasteiger partial charge in [0.05, 0.1) is 0 Å². The maximum absolute atomic E-state index is 2.30. The molecular weight excluding hydrogens is 206 g/mol. The molecule has 0 bridgehead atoms. The molecule has 0 N–H and O–H groups in total. The van der Waals surface area contributed by atoms with Crippen LogP contribution in [0.25, 0.3) is 0 Å². The highest BCUT2D eigenvalue weighted by molar-refractivity contribution is 7.72. The van der Waals surface area contributed by atoms with Crippen molar-refractivity contribution in [3.8, 4) is 0 Å². The lowest BCUT2D eigenvalue weighted by Gasteiger charge is -1.97. The molecule has 40 valence electrons. The second-order valence-corrected chi connectivity index (χ2v) is 8.05. The number of rotatable bonds is 0. The summed E-state index contributed by atoms with van der Waals surface area (Å²) in [6.07, 6.45) is 0. The average Bonchev–Trinajstić information content (AvgIpc) is 0.722. The number of hydrogen-bond acceptors (Lipinski definition) is 0. The van der Waals surface area contributed by atoms with Crippen molar-refractivity contribution < 1.29 is 24.0 Å². The van der Waals surface area contributed by atoms with Crippen molar-refractivity contribution in [3.05, 3.63) is 0 Å². The molecule has 0 fully saturated rings. The highest BCUT2D eigenvalue weighted by Crippen LogP contribution is 2.40. The summed E-state index contributed by atoms with van der Waals surface area (Å²) in [6.45, 7) is 9.19. The van der Waals surface area contributed by atoms with Gasteiger partial charge in [0.15, 0.2) is 0 Å². The normalized spacial score (nSPS) is 10.0. The van der Waals surface area contributed by atoms with Gasteiger partial charge in [-0.15, -0.1) is 0 Å². The van der Waals surface area contributed by atoms with Gasteiger partial charge >= 0.3 is 0 Å². The lowest BCUT2D eigenvalue weighted by Crippen LogP contribution is -3.00. The third kappa shape index (κ3) is 66.4. The lowest BCUT2D eigenvalue weighted by atomic mass is 11.8. The Morgan fingerprint density at radius 1 is 0.833 bits per heavy atom. The first kappa shape index (κ1) is 10.2. The molecule has 0 aliphatic rings. The zero-order chi connectivity index (χ0) is 4.50. The van der Waals surface area contributed by atoms with Crippen molar-refractivity contribution >= 4 is 7.26 Å². The third-order valence-corrected chi connectivity index (χ3v) is 0. The summed E-state index contributed by atoms with van der Waals surface area (Å²) in [5.74, 6) is 0. The molecule has 0 aliphatic carbocycles. The fourth-order valence-corrected chi connectivity index (χ4v) is 0. The van der Waals surface area contributed by atoms with E-state index in [1.54, 1.807) is 0 Å². The second-order valence-electron chi connectivity index (χ2n) is 2.68. The molecule has 0 amide bonds. The van der Waals surface area contributed by atoms with E-state index in [4.69, 9.17) is 0 Å². The largest absolute Gasteiger partial charge is 1.00 e. The Bertz CT molecular complexity index is 23.0. The van der Waals surface area contributed by atoms with Crippen LogP contribution in [0.4, 0.5) is 0 Å². The van der Waals surface area contributed by atoms with Gasteiger partial charge in [-0.3, -0.25) is 0 Å². The van der Waals surface area contributed by atoms with Gasteiger partial charge in [-0.25, -0.2) is 0 Å². The molecule has 2 heteroatoms. The standard InChI is InChI=1S/C4H12P.HI/c1-5(2,3)4;/h1-4H3;1H/q+1;/p-1. The smallest absolute Gasteiger partial charge is 0.0481 e. The molecule has 0 rings (SSSR count). The van der Waals surface area contributed by atoms with Gasteiger partial charge in [0.2, 0.25) is 0 Å². The van der Waals surface area contributed by atoms with Gasteiger partial charge in [-0.05, 0) is 0 Å². The minimum Gasteiger partial charge on any atom is -1.00 e. The predicted octanol–water partition coefficient (Wildman–Crippen LogP) is -1.47. The predicted molar refractivity (Wildman–Crippen MR) is 30.6 cm³/mol. The summed E-state index contributed by atoms with van der Waals surface area (Å²) in [5, 5.41) is 0. The summed E-state index contributed by atoms with van der Waals surface area (Å²) < 4.78 is 0. The fraction of sp³-hybridized carbons (Fsp3) is 1.00. The van der Waals surface area contributed by atoms with Gasteiger partial charge in [0, 0.05) is 33.9 Å². The van der Waals surface area contributed by atoms with E-state index in [2.05, 4.69) is 26.7 Å². The Morgan fingerprint density at radius 3 is 0.833 bits per heavy atom. The molecule has 0 atom stereocenters. The highest BCUT2D eigenvalue weighted by atomic mass is 127. The zero-order valence-electron chi connectivity index (χ0n) is 4.83. The van der Waals surface area contributed by atoms with Crippen LogP contribution in [0.2, 0.25) is 0 Å². The summed E-state index contributed by atoms with van der Waals surface area (Å²) in [5.41, 5.74) is 0. The van der Waals surface area contributed by atoms with E-state index >= 15 is 0 Å². The molecule has 0 aromatic rings. The van der Waals surface area contributed by atoms with Crippen LogP contribution in [0.1, 0.15) is 0 Å². The molecule has 0 nitrogen and oxygen atoms in total. The van der Waals surface area contributed by atoms with Gasteiger partial charge < -0.3 is 24.0 Å². The van der Waals surface area contributed by atoms with E-state index in [0.717, 1.165) is 0 Å². The fourth-order valence-electron chi connectivity index (χ4n) is 0. The molecule has 0 saturated heterocycles. The van der Waals surface area contributed by atoms with Crippen LogP contribution in [0.5, 0.6) is 0 Å². The Balaban J connectivity index is 0. The van der Waals surface area contributed by atoms with Crippen LogP contribution in [0.15, 0.2) is 0 Å². The van der Waals surface area contributed by atoms with Crippen LogP contribution >= 0.6 is 7.26 Å². The second kappa shape index (κ2) is 3.20.